The average molecular weight is 389 g/mol. The highest BCUT2D eigenvalue weighted by Gasteiger charge is 2.19. The number of aromatic amines is 1. The van der Waals surface area contributed by atoms with Crippen molar-refractivity contribution in [1.29, 1.82) is 0 Å². The van der Waals surface area contributed by atoms with Crippen LogP contribution >= 0.6 is 0 Å². The zero-order chi connectivity index (χ0) is 20.6. The number of tetrazole rings is 1. The molecule has 0 radical (unpaired) electrons. The number of anilines is 1. The van der Waals surface area contributed by atoms with Crippen molar-refractivity contribution < 1.29 is 4.79 Å². The summed E-state index contributed by atoms with van der Waals surface area (Å²) < 4.78 is 0. The number of carbonyl (C=O) groups excluding carboxylic acids is 1. The summed E-state index contributed by atoms with van der Waals surface area (Å²) >= 11 is 0. The van der Waals surface area contributed by atoms with Crippen molar-refractivity contribution in [3.05, 3.63) is 53.9 Å². The fourth-order valence-electron chi connectivity index (χ4n) is 2.98. The van der Waals surface area contributed by atoms with Crippen molar-refractivity contribution in [2.24, 2.45) is 0 Å². The van der Waals surface area contributed by atoms with Gasteiger partial charge in [0.15, 0.2) is 5.82 Å². The number of rotatable bonds is 4. The summed E-state index contributed by atoms with van der Waals surface area (Å²) in [5, 5.41) is 15.3. The van der Waals surface area contributed by atoms with Crippen LogP contribution in [0.1, 0.15) is 32.2 Å². The van der Waals surface area contributed by atoms with Crippen LogP contribution in [0.4, 0.5) is 5.69 Å². The van der Waals surface area contributed by atoms with Gasteiger partial charge in [-0.25, -0.2) is 4.98 Å². The number of aromatic nitrogens is 6. The van der Waals surface area contributed by atoms with Crippen molar-refractivity contribution in [2.75, 3.05) is 5.32 Å². The van der Waals surface area contributed by atoms with Crippen LogP contribution in [0.15, 0.2) is 42.5 Å². The van der Waals surface area contributed by atoms with E-state index in [0.717, 1.165) is 22.2 Å². The number of nitrogens with zero attached hydrogens (tertiary/aromatic N) is 5. The van der Waals surface area contributed by atoms with Crippen LogP contribution in [0.25, 0.3) is 22.4 Å². The lowest BCUT2D eigenvalue weighted by Crippen LogP contribution is -2.25. The first-order valence-electron chi connectivity index (χ1n) is 9.44. The van der Waals surface area contributed by atoms with E-state index in [4.69, 9.17) is 0 Å². The van der Waals surface area contributed by atoms with Gasteiger partial charge in [0.1, 0.15) is 5.82 Å². The Labute approximate surface area is 168 Å². The van der Waals surface area contributed by atoms with Crippen LogP contribution < -0.4 is 5.32 Å². The molecule has 0 saturated heterocycles. The van der Waals surface area contributed by atoms with Crippen LogP contribution in [-0.2, 0) is 16.8 Å². The zero-order valence-electron chi connectivity index (χ0n) is 16.9. The van der Waals surface area contributed by atoms with Gasteiger partial charge in [-0.05, 0) is 57.2 Å². The summed E-state index contributed by atoms with van der Waals surface area (Å²) in [6.45, 7) is 7.94. The Morgan fingerprint density at radius 1 is 1.17 bits per heavy atom. The van der Waals surface area contributed by atoms with E-state index in [9.17, 15) is 4.79 Å². The van der Waals surface area contributed by atoms with Gasteiger partial charge in [-0.1, -0.05) is 23.8 Å². The molecule has 148 valence electrons. The molecule has 0 spiro atoms. The lowest BCUT2D eigenvalue weighted by molar-refractivity contribution is -0.115. The number of carbonyl (C=O) groups is 1. The number of hydrogen-bond donors (Lipinski definition) is 2. The Morgan fingerprint density at radius 2 is 1.97 bits per heavy atom. The maximum absolute atomic E-state index is 12.6. The van der Waals surface area contributed by atoms with Crippen molar-refractivity contribution in [3.8, 4) is 11.4 Å². The fourth-order valence-corrected chi connectivity index (χ4v) is 2.98. The molecule has 4 aromatic rings. The van der Waals surface area contributed by atoms with Gasteiger partial charge in [0.2, 0.25) is 5.91 Å². The molecule has 8 nitrogen and oxygen atoms in total. The number of aryl methyl sites for hydroxylation is 1. The molecule has 0 atom stereocenters. The highest BCUT2D eigenvalue weighted by Crippen LogP contribution is 2.29. The Bertz CT molecular complexity index is 1150. The summed E-state index contributed by atoms with van der Waals surface area (Å²) in [6.07, 6.45) is 0.0452. The number of nitrogens with one attached hydrogen (secondary N) is 2. The van der Waals surface area contributed by atoms with Crippen LogP contribution in [0.3, 0.4) is 0 Å². The number of fused-ring (bicyclic) bond motifs is 1. The minimum Gasteiger partial charge on any atom is -0.338 e. The van der Waals surface area contributed by atoms with E-state index in [2.05, 4.69) is 30.7 Å². The Kier molecular flexibility index (Phi) is 4.62. The third-order valence-corrected chi connectivity index (χ3v) is 4.47. The van der Waals surface area contributed by atoms with Gasteiger partial charge in [-0.15, -0.1) is 10.2 Å². The lowest BCUT2D eigenvalue weighted by atomic mass is 10.1. The molecule has 2 aromatic carbocycles. The Hall–Kier alpha value is -3.55. The molecular weight excluding hydrogens is 366 g/mol. The lowest BCUT2D eigenvalue weighted by Gasteiger charge is -2.15. The summed E-state index contributed by atoms with van der Waals surface area (Å²) in [5.41, 5.74) is 4.14. The topological polar surface area (TPSA) is 101 Å². The number of H-pyrrole nitrogens is 1. The summed E-state index contributed by atoms with van der Waals surface area (Å²) in [6, 6.07) is 13.7. The Balaban J connectivity index is 1.59. The molecule has 0 aliphatic rings. The van der Waals surface area contributed by atoms with Crippen LogP contribution in [-0.4, -0.2) is 36.1 Å². The molecule has 0 saturated carbocycles. The highest BCUT2D eigenvalue weighted by atomic mass is 16.1. The quantitative estimate of drug-likeness (QED) is 0.557. The van der Waals surface area contributed by atoms with Gasteiger partial charge < -0.3 is 10.3 Å². The summed E-state index contributed by atoms with van der Waals surface area (Å²) in [5.74, 6) is 0.886. The van der Waals surface area contributed by atoms with Crippen LogP contribution in [0, 0.1) is 6.92 Å². The molecule has 2 heterocycles. The van der Waals surface area contributed by atoms with Crippen LogP contribution in [0.2, 0.25) is 0 Å². The zero-order valence-corrected chi connectivity index (χ0v) is 16.9. The maximum Gasteiger partial charge on any atom is 0.232 e. The standard InChI is InChI=1S/C21H23N7O/c1-13-9-10-15(14(11-13)20-23-16-7-5-6-8-17(16)24-20)22-19(29)12-18-25-27-28(26-18)21(2,3)4/h5-11H,12H2,1-4H3,(H,22,29)(H,23,24). The molecule has 1 amide bonds. The largest absolute Gasteiger partial charge is 0.338 e. The van der Waals surface area contributed by atoms with Gasteiger partial charge >= 0.3 is 0 Å². The molecule has 29 heavy (non-hydrogen) atoms. The second-order valence-electron chi connectivity index (χ2n) is 8.04. The van der Waals surface area contributed by atoms with E-state index in [1.165, 1.54) is 4.80 Å². The van der Waals surface area contributed by atoms with E-state index >= 15 is 0 Å². The van der Waals surface area contributed by atoms with Crippen LogP contribution in [0.5, 0.6) is 0 Å². The second-order valence-corrected chi connectivity index (χ2v) is 8.04. The first-order chi connectivity index (χ1) is 13.8. The molecule has 4 rings (SSSR count). The van der Waals surface area contributed by atoms with Gasteiger partial charge in [0.05, 0.1) is 28.7 Å². The van der Waals surface area contributed by atoms with Gasteiger partial charge in [-0.3, -0.25) is 4.79 Å². The molecule has 0 fully saturated rings. The predicted molar refractivity (Wildman–Crippen MR) is 111 cm³/mol. The maximum atomic E-state index is 12.6. The van der Waals surface area contributed by atoms with E-state index in [1.54, 1.807) is 0 Å². The molecular formula is C21H23N7O. The van der Waals surface area contributed by atoms with E-state index < -0.39 is 0 Å². The average Bonchev–Trinajstić information content (AvgIpc) is 3.29. The number of amides is 1. The smallest absolute Gasteiger partial charge is 0.232 e. The monoisotopic (exact) mass is 389 g/mol. The number of imidazole rings is 1. The van der Waals surface area contributed by atoms with Crippen molar-refractivity contribution in [3.63, 3.8) is 0 Å². The first kappa shape index (κ1) is 18.8. The van der Waals surface area contributed by atoms with E-state index in [-0.39, 0.29) is 17.9 Å². The summed E-state index contributed by atoms with van der Waals surface area (Å²) in [7, 11) is 0. The van der Waals surface area contributed by atoms with Crippen molar-refractivity contribution >= 4 is 22.6 Å². The number of para-hydroxylation sites is 2. The number of hydrogen-bond acceptors (Lipinski definition) is 5. The molecule has 0 aliphatic heterocycles. The molecule has 0 unspecified atom stereocenters. The fraction of sp³-hybridized carbons (Fsp3) is 0.286. The van der Waals surface area contributed by atoms with Crippen molar-refractivity contribution in [1.82, 2.24) is 30.2 Å². The normalized spacial score (nSPS) is 11.7. The first-order valence-corrected chi connectivity index (χ1v) is 9.44. The predicted octanol–water partition coefficient (Wildman–Crippen LogP) is 3.46. The van der Waals surface area contributed by atoms with Gasteiger partial charge in [0.25, 0.3) is 0 Å². The Morgan fingerprint density at radius 3 is 2.69 bits per heavy atom. The third-order valence-electron chi connectivity index (χ3n) is 4.47. The molecule has 8 heteroatoms. The van der Waals surface area contributed by atoms with Gasteiger partial charge in [-0.2, -0.15) is 4.80 Å². The minimum atomic E-state index is -0.285. The molecule has 0 bridgehead atoms. The molecule has 0 aliphatic carbocycles. The summed E-state index contributed by atoms with van der Waals surface area (Å²) in [4.78, 5) is 22.1. The van der Waals surface area contributed by atoms with E-state index in [1.807, 2.05) is 70.2 Å². The highest BCUT2D eigenvalue weighted by molar-refractivity contribution is 5.96. The van der Waals surface area contributed by atoms with Gasteiger partial charge in [0, 0.05) is 5.56 Å². The van der Waals surface area contributed by atoms with Crippen molar-refractivity contribution in [2.45, 2.75) is 39.7 Å². The number of benzene rings is 2. The minimum absolute atomic E-state index is 0.0452. The van der Waals surface area contributed by atoms with E-state index in [0.29, 0.717) is 17.3 Å². The third kappa shape index (κ3) is 4.01. The molecule has 2 N–H and O–H groups in total. The SMILES string of the molecule is Cc1ccc(NC(=O)Cc2nnn(C(C)(C)C)n2)c(-c2nc3ccccc3[nH]2)c1. The molecule has 2 aromatic heterocycles. The second kappa shape index (κ2) is 7.12.